The number of thiazole rings is 1. The Morgan fingerprint density at radius 1 is 1.57 bits per heavy atom. The van der Waals surface area contributed by atoms with Crippen molar-refractivity contribution in [1.82, 2.24) is 4.98 Å². The van der Waals surface area contributed by atoms with Gasteiger partial charge in [-0.25, -0.2) is 4.98 Å². The van der Waals surface area contributed by atoms with E-state index in [9.17, 15) is 0 Å². The van der Waals surface area contributed by atoms with Crippen molar-refractivity contribution in [2.24, 2.45) is 11.7 Å². The lowest BCUT2D eigenvalue weighted by atomic mass is 9.85. The molecule has 0 fully saturated rings. The summed E-state index contributed by atoms with van der Waals surface area (Å²) in [4.78, 5) is 5.62. The van der Waals surface area contributed by atoms with Crippen molar-refractivity contribution < 1.29 is 0 Å². The van der Waals surface area contributed by atoms with Gasteiger partial charge in [-0.1, -0.05) is 19.8 Å². The zero-order chi connectivity index (χ0) is 10.1. The maximum atomic E-state index is 6.07. The largest absolute Gasteiger partial charge is 0.375 e. The molecule has 1 aromatic rings. The second-order valence-electron chi connectivity index (χ2n) is 4.06. The predicted molar refractivity (Wildman–Crippen MR) is 60.2 cm³/mol. The third-order valence-electron chi connectivity index (χ3n) is 2.85. The summed E-state index contributed by atoms with van der Waals surface area (Å²) in [5.41, 5.74) is 12.8. The van der Waals surface area contributed by atoms with Crippen LogP contribution in [-0.2, 0) is 6.42 Å². The van der Waals surface area contributed by atoms with E-state index >= 15 is 0 Å². The van der Waals surface area contributed by atoms with E-state index in [1.807, 2.05) is 0 Å². The van der Waals surface area contributed by atoms with E-state index in [-0.39, 0.29) is 6.04 Å². The number of rotatable bonds is 2. The highest BCUT2D eigenvalue weighted by Crippen LogP contribution is 2.37. The Morgan fingerprint density at radius 3 is 3.07 bits per heavy atom. The van der Waals surface area contributed by atoms with Gasteiger partial charge in [-0.15, -0.1) is 11.3 Å². The van der Waals surface area contributed by atoms with Gasteiger partial charge in [-0.2, -0.15) is 0 Å². The first-order valence-electron chi connectivity index (χ1n) is 5.21. The molecule has 1 heterocycles. The van der Waals surface area contributed by atoms with Gasteiger partial charge in [0.2, 0.25) is 0 Å². The lowest BCUT2D eigenvalue weighted by Gasteiger charge is -2.25. The lowest BCUT2D eigenvalue weighted by Crippen LogP contribution is -2.23. The molecule has 0 aliphatic heterocycles. The summed E-state index contributed by atoms with van der Waals surface area (Å²) in [7, 11) is 0. The molecular formula is C10H17N3S. The molecule has 2 rings (SSSR count). The van der Waals surface area contributed by atoms with Crippen LogP contribution < -0.4 is 11.5 Å². The first-order valence-corrected chi connectivity index (χ1v) is 6.03. The first kappa shape index (κ1) is 9.93. The van der Waals surface area contributed by atoms with Crippen LogP contribution in [0.25, 0.3) is 0 Å². The Labute approximate surface area is 88.5 Å². The summed E-state index contributed by atoms with van der Waals surface area (Å²) in [6.45, 7) is 2.22. The summed E-state index contributed by atoms with van der Waals surface area (Å²) < 4.78 is 0. The minimum absolute atomic E-state index is 0.115. The van der Waals surface area contributed by atoms with Gasteiger partial charge in [0.25, 0.3) is 0 Å². The van der Waals surface area contributed by atoms with Crippen LogP contribution >= 0.6 is 11.3 Å². The minimum atomic E-state index is 0.115. The summed E-state index contributed by atoms with van der Waals surface area (Å²) in [6, 6.07) is 0.115. The Morgan fingerprint density at radius 2 is 2.36 bits per heavy atom. The number of hydrogen-bond donors (Lipinski definition) is 2. The van der Waals surface area contributed by atoms with Crippen LogP contribution in [0.1, 0.15) is 42.8 Å². The number of nitrogens with two attached hydrogens (primary N) is 2. The molecule has 1 aliphatic carbocycles. The topological polar surface area (TPSA) is 64.9 Å². The monoisotopic (exact) mass is 211 g/mol. The average molecular weight is 211 g/mol. The van der Waals surface area contributed by atoms with Crippen LogP contribution in [0.4, 0.5) is 5.13 Å². The van der Waals surface area contributed by atoms with Crippen molar-refractivity contribution in [2.45, 2.75) is 38.6 Å². The highest BCUT2D eigenvalue weighted by Gasteiger charge is 2.27. The van der Waals surface area contributed by atoms with E-state index in [1.165, 1.54) is 17.7 Å². The second-order valence-corrected chi connectivity index (χ2v) is 5.18. The van der Waals surface area contributed by atoms with Crippen LogP contribution in [-0.4, -0.2) is 4.98 Å². The molecule has 0 bridgehead atoms. The molecule has 1 unspecified atom stereocenters. The molecule has 0 saturated heterocycles. The van der Waals surface area contributed by atoms with Crippen molar-refractivity contribution in [3.05, 3.63) is 10.6 Å². The molecule has 0 spiro atoms. The van der Waals surface area contributed by atoms with Gasteiger partial charge in [-0.05, 0) is 18.8 Å². The maximum Gasteiger partial charge on any atom is 0.180 e. The number of nitrogens with zero attached hydrogens (tertiary/aromatic N) is 1. The molecule has 3 nitrogen and oxygen atoms in total. The molecule has 0 radical (unpaired) electrons. The second kappa shape index (κ2) is 3.87. The van der Waals surface area contributed by atoms with Crippen molar-refractivity contribution in [2.75, 3.05) is 5.73 Å². The zero-order valence-corrected chi connectivity index (χ0v) is 9.31. The number of hydrogen-bond acceptors (Lipinski definition) is 4. The first-order chi connectivity index (χ1) is 6.70. The van der Waals surface area contributed by atoms with Crippen LogP contribution in [0.3, 0.4) is 0 Å². The number of fused-ring (bicyclic) bond motifs is 1. The van der Waals surface area contributed by atoms with E-state index in [0.29, 0.717) is 5.13 Å². The minimum Gasteiger partial charge on any atom is -0.375 e. The fourth-order valence-corrected chi connectivity index (χ4v) is 3.28. The average Bonchev–Trinajstić information content (AvgIpc) is 2.47. The summed E-state index contributed by atoms with van der Waals surface area (Å²) in [5, 5.41) is 0.669. The Balaban J connectivity index is 2.19. The van der Waals surface area contributed by atoms with Gasteiger partial charge in [0.05, 0.1) is 5.69 Å². The maximum absolute atomic E-state index is 6.07. The number of aromatic nitrogens is 1. The van der Waals surface area contributed by atoms with Gasteiger partial charge in [0, 0.05) is 10.9 Å². The predicted octanol–water partition coefficient (Wildman–Crippen LogP) is 2.09. The molecule has 2 atom stereocenters. The van der Waals surface area contributed by atoms with Crippen LogP contribution in [0.5, 0.6) is 0 Å². The molecule has 0 amide bonds. The molecule has 0 saturated carbocycles. The Bertz CT molecular complexity index is 321. The van der Waals surface area contributed by atoms with Crippen LogP contribution in [0, 0.1) is 5.92 Å². The molecule has 14 heavy (non-hydrogen) atoms. The van der Waals surface area contributed by atoms with Crippen molar-refractivity contribution in [3.63, 3.8) is 0 Å². The number of nitrogen functional groups attached to an aromatic ring is 1. The van der Waals surface area contributed by atoms with E-state index < -0.39 is 0 Å². The molecule has 4 N–H and O–H groups in total. The van der Waals surface area contributed by atoms with Gasteiger partial charge >= 0.3 is 0 Å². The van der Waals surface area contributed by atoms with E-state index in [0.717, 1.165) is 24.5 Å². The summed E-state index contributed by atoms with van der Waals surface area (Å²) >= 11 is 1.61. The molecule has 1 aliphatic rings. The van der Waals surface area contributed by atoms with Crippen molar-refractivity contribution in [3.8, 4) is 0 Å². The third-order valence-corrected chi connectivity index (χ3v) is 3.78. The van der Waals surface area contributed by atoms with Crippen LogP contribution in [0.15, 0.2) is 0 Å². The normalized spacial score (nSPS) is 26.1. The third kappa shape index (κ3) is 1.77. The van der Waals surface area contributed by atoms with Gasteiger partial charge in [0.1, 0.15) is 0 Å². The van der Waals surface area contributed by atoms with E-state index in [2.05, 4.69) is 11.9 Å². The fraction of sp³-hybridized carbons (Fsp3) is 0.700. The van der Waals surface area contributed by atoms with Crippen LogP contribution in [0.2, 0.25) is 0 Å². The summed E-state index contributed by atoms with van der Waals surface area (Å²) in [6.07, 6.45) is 4.71. The zero-order valence-electron chi connectivity index (χ0n) is 8.49. The van der Waals surface area contributed by atoms with Gasteiger partial charge in [-0.3, -0.25) is 0 Å². The lowest BCUT2D eigenvalue weighted by molar-refractivity contribution is 0.380. The van der Waals surface area contributed by atoms with E-state index in [1.54, 1.807) is 11.3 Å². The smallest absolute Gasteiger partial charge is 0.180 e. The van der Waals surface area contributed by atoms with E-state index in [4.69, 9.17) is 11.5 Å². The van der Waals surface area contributed by atoms with Gasteiger partial charge in [0.15, 0.2) is 5.13 Å². The summed E-state index contributed by atoms with van der Waals surface area (Å²) in [5.74, 6) is 0.738. The molecule has 78 valence electrons. The molecule has 0 aromatic carbocycles. The Kier molecular flexibility index (Phi) is 2.74. The highest BCUT2D eigenvalue weighted by atomic mass is 32.1. The molecule has 1 aromatic heterocycles. The SMILES string of the molecule is CCCC1Cc2sc(N)nc2[C@@H](N)C1. The fourth-order valence-electron chi connectivity index (χ4n) is 2.26. The quantitative estimate of drug-likeness (QED) is 0.787. The van der Waals surface area contributed by atoms with Crippen molar-refractivity contribution in [1.29, 1.82) is 0 Å². The number of anilines is 1. The molecular weight excluding hydrogens is 194 g/mol. The van der Waals surface area contributed by atoms with Crippen molar-refractivity contribution >= 4 is 16.5 Å². The molecule has 4 heteroatoms. The highest BCUT2D eigenvalue weighted by molar-refractivity contribution is 7.15. The Hall–Kier alpha value is -0.610. The standard InChI is InChI=1S/C10H17N3S/c1-2-3-6-4-7(11)9-8(5-6)14-10(12)13-9/h6-7H,2-5,11H2,1H3,(H2,12,13)/t6?,7-/m0/s1. The van der Waals surface area contributed by atoms with Gasteiger partial charge < -0.3 is 11.5 Å².